The lowest BCUT2D eigenvalue weighted by Crippen LogP contribution is -2.56. The molecule has 3 atom stereocenters. The van der Waals surface area contributed by atoms with Gasteiger partial charge in [0.25, 0.3) is 0 Å². The SMILES string of the molecule is Cc1cc(C)c(C(F)(F)F)c(C2Cc3nc(S(C)(=O)=O)nc(N4CCN(C(=O)OC(C)(C)C)C(CC#N)C4)c3CC2C)c1F. The molecule has 240 valence electrons. The molecule has 1 aromatic heterocycles. The van der Waals surface area contributed by atoms with Crippen LogP contribution in [0.15, 0.2) is 11.2 Å². The summed E-state index contributed by atoms with van der Waals surface area (Å²) in [4.78, 5) is 24.8. The summed E-state index contributed by atoms with van der Waals surface area (Å²) in [6, 6.07) is 2.67. The Morgan fingerprint density at radius 2 is 1.80 bits per heavy atom. The standard InChI is InChI=1S/C30H37F4N5O4S/c1-16-13-21-22(14-20(16)23-24(30(32,33)34)17(2)12-18(3)25(23)31)36-27(44(7,41)42)37-26(21)38-10-11-39(19(15-38)8-9-35)28(40)43-29(4,5)6/h12,16,19-20H,8,10-11,13-15H2,1-7H3. The van der Waals surface area contributed by atoms with Crippen LogP contribution in [0, 0.1) is 36.9 Å². The van der Waals surface area contributed by atoms with Crippen LogP contribution in [0.3, 0.4) is 0 Å². The molecule has 1 aromatic carbocycles. The molecule has 0 N–H and O–H groups in total. The summed E-state index contributed by atoms with van der Waals surface area (Å²) < 4.78 is 89.2. The number of piperazine rings is 1. The highest BCUT2D eigenvalue weighted by atomic mass is 32.2. The van der Waals surface area contributed by atoms with Crippen molar-refractivity contribution >= 4 is 21.7 Å². The van der Waals surface area contributed by atoms with E-state index in [-0.39, 0.29) is 61.5 Å². The Balaban J connectivity index is 1.80. The number of ether oxygens (including phenoxy) is 1. The smallest absolute Gasteiger partial charge is 0.417 e. The number of carbonyl (C=O) groups excluding carboxylic acids is 1. The van der Waals surface area contributed by atoms with Crippen LogP contribution in [0.1, 0.15) is 73.5 Å². The van der Waals surface area contributed by atoms with Gasteiger partial charge in [-0.1, -0.05) is 13.0 Å². The number of hydrogen-bond acceptors (Lipinski definition) is 8. The quantitative estimate of drug-likeness (QED) is 0.318. The second-order valence-electron chi connectivity index (χ2n) is 12.8. The van der Waals surface area contributed by atoms with Crippen molar-refractivity contribution in [3.8, 4) is 6.07 Å². The fourth-order valence-corrected chi connectivity index (χ4v) is 6.70. The number of amides is 1. The lowest BCUT2D eigenvalue weighted by atomic mass is 9.72. The molecule has 1 aliphatic carbocycles. The van der Waals surface area contributed by atoms with Crippen LogP contribution in [0.5, 0.6) is 0 Å². The molecule has 14 heteroatoms. The summed E-state index contributed by atoms with van der Waals surface area (Å²) in [5, 5.41) is 9.00. The minimum Gasteiger partial charge on any atom is -0.444 e. The van der Waals surface area contributed by atoms with Crippen LogP contribution in [0.4, 0.5) is 28.2 Å². The number of nitriles is 1. The van der Waals surface area contributed by atoms with Crippen molar-refractivity contribution in [1.82, 2.24) is 14.9 Å². The zero-order valence-corrected chi connectivity index (χ0v) is 26.7. The molecular formula is C30H37F4N5O4S. The average molecular weight is 640 g/mol. The number of nitrogens with zero attached hydrogens (tertiary/aromatic N) is 5. The van der Waals surface area contributed by atoms with Gasteiger partial charge in [-0.15, -0.1) is 0 Å². The Bertz CT molecular complexity index is 1620. The molecule has 2 aromatic rings. The van der Waals surface area contributed by atoms with Crippen molar-refractivity contribution in [3.05, 3.63) is 45.4 Å². The van der Waals surface area contributed by atoms with Gasteiger partial charge in [0.05, 0.1) is 29.8 Å². The van der Waals surface area contributed by atoms with Gasteiger partial charge in [-0.2, -0.15) is 18.4 Å². The Hall–Kier alpha value is -3.47. The topological polar surface area (TPSA) is 116 Å². The molecule has 1 amide bonds. The van der Waals surface area contributed by atoms with Crippen LogP contribution in [0.25, 0.3) is 0 Å². The largest absolute Gasteiger partial charge is 0.444 e. The molecule has 3 unspecified atom stereocenters. The van der Waals surface area contributed by atoms with Crippen LogP contribution in [-0.2, 0) is 33.6 Å². The van der Waals surface area contributed by atoms with Crippen molar-refractivity contribution < 1.29 is 35.5 Å². The molecule has 1 saturated heterocycles. The summed E-state index contributed by atoms with van der Waals surface area (Å²) >= 11 is 0. The molecule has 1 aliphatic heterocycles. The number of anilines is 1. The third kappa shape index (κ3) is 6.77. The molecule has 4 rings (SSSR count). The third-order valence-electron chi connectivity index (χ3n) is 8.08. The molecule has 0 radical (unpaired) electrons. The number of hydrogen-bond donors (Lipinski definition) is 0. The fourth-order valence-electron chi connectivity index (χ4n) is 6.17. The number of aromatic nitrogens is 2. The second kappa shape index (κ2) is 11.8. The minimum atomic E-state index is -4.80. The second-order valence-corrected chi connectivity index (χ2v) is 14.7. The maximum Gasteiger partial charge on any atom is 0.417 e. The number of benzene rings is 1. The maximum absolute atomic E-state index is 15.6. The van der Waals surface area contributed by atoms with E-state index in [1.54, 1.807) is 32.6 Å². The zero-order valence-electron chi connectivity index (χ0n) is 25.8. The number of sulfone groups is 1. The van der Waals surface area contributed by atoms with E-state index in [1.807, 2.05) is 0 Å². The Labute approximate surface area is 255 Å². The summed E-state index contributed by atoms with van der Waals surface area (Å²) in [5.74, 6) is -2.06. The molecule has 0 spiro atoms. The number of carbonyl (C=O) groups is 1. The van der Waals surface area contributed by atoms with E-state index < -0.39 is 67.7 Å². The van der Waals surface area contributed by atoms with Crippen molar-refractivity contribution in [2.24, 2.45) is 5.92 Å². The van der Waals surface area contributed by atoms with E-state index in [4.69, 9.17) is 4.74 Å². The van der Waals surface area contributed by atoms with Crippen LogP contribution < -0.4 is 4.90 Å². The summed E-state index contributed by atoms with van der Waals surface area (Å²) in [7, 11) is -3.95. The molecule has 44 heavy (non-hydrogen) atoms. The summed E-state index contributed by atoms with van der Waals surface area (Å²) in [6.07, 6.45) is -4.42. The first-order valence-electron chi connectivity index (χ1n) is 14.3. The van der Waals surface area contributed by atoms with E-state index in [0.717, 1.165) is 6.26 Å². The Kier molecular flexibility index (Phi) is 8.96. The van der Waals surface area contributed by atoms with Crippen molar-refractivity contribution in [2.45, 2.75) is 89.7 Å². The highest BCUT2D eigenvalue weighted by molar-refractivity contribution is 7.90. The molecule has 9 nitrogen and oxygen atoms in total. The van der Waals surface area contributed by atoms with Gasteiger partial charge in [-0.05, 0) is 70.4 Å². The normalized spacial score (nSPS) is 21.1. The number of halogens is 4. The fraction of sp³-hybridized carbons (Fsp3) is 0.600. The first-order valence-corrected chi connectivity index (χ1v) is 16.2. The van der Waals surface area contributed by atoms with Gasteiger partial charge in [0.1, 0.15) is 17.2 Å². The maximum atomic E-state index is 15.6. The number of alkyl halides is 3. The van der Waals surface area contributed by atoms with E-state index in [2.05, 4.69) is 16.0 Å². The number of aryl methyl sites for hydroxylation is 2. The van der Waals surface area contributed by atoms with Crippen LogP contribution in [0.2, 0.25) is 0 Å². The van der Waals surface area contributed by atoms with Crippen LogP contribution in [-0.4, -0.2) is 66.9 Å². The molecule has 0 saturated carbocycles. The van der Waals surface area contributed by atoms with E-state index in [1.165, 1.54) is 24.8 Å². The van der Waals surface area contributed by atoms with Gasteiger partial charge in [-0.25, -0.2) is 27.6 Å². The first-order chi connectivity index (χ1) is 20.2. The number of fused-ring (bicyclic) bond motifs is 1. The highest BCUT2D eigenvalue weighted by Crippen LogP contribution is 2.46. The average Bonchev–Trinajstić information content (AvgIpc) is 2.87. The van der Waals surface area contributed by atoms with Gasteiger partial charge < -0.3 is 14.5 Å². The van der Waals surface area contributed by atoms with Gasteiger partial charge in [-0.3, -0.25) is 0 Å². The third-order valence-corrected chi connectivity index (χ3v) is 8.92. The van der Waals surface area contributed by atoms with Gasteiger partial charge in [0.15, 0.2) is 0 Å². The summed E-state index contributed by atoms with van der Waals surface area (Å²) in [5.41, 5.74) is -1.41. The minimum absolute atomic E-state index is 0.0212. The van der Waals surface area contributed by atoms with Crippen molar-refractivity contribution in [2.75, 3.05) is 30.8 Å². The molecular weight excluding hydrogens is 602 g/mol. The van der Waals surface area contributed by atoms with Crippen molar-refractivity contribution in [1.29, 1.82) is 5.26 Å². The number of rotatable bonds is 4. The molecule has 2 heterocycles. The predicted octanol–water partition coefficient (Wildman–Crippen LogP) is 5.51. The van der Waals surface area contributed by atoms with Crippen LogP contribution >= 0.6 is 0 Å². The van der Waals surface area contributed by atoms with Gasteiger partial charge in [0.2, 0.25) is 15.0 Å². The zero-order chi connectivity index (χ0) is 32.9. The molecule has 2 aliphatic rings. The predicted molar refractivity (Wildman–Crippen MR) is 155 cm³/mol. The van der Waals surface area contributed by atoms with E-state index in [9.17, 15) is 31.6 Å². The Morgan fingerprint density at radius 1 is 1.14 bits per heavy atom. The molecule has 0 bridgehead atoms. The van der Waals surface area contributed by atoms with E-state index in [0.29, 0.717) is 5.56 Å². The molecule has 1 fully saturated rings. The van der Waals surface area contributed by atoms with Crippen molar-refractivity contribution in [3.63, 3.8) is 0 Å². The van der Waals surface area contributed by atoms with Gasteiger partial charge >= 0.3 is 12.3 Å². The Morgan fingerprint density at radius 3 is 2.36 bits per heavy atom. The summed E-state index contributed by atoms with van der Waals surface area (Å²) in [6.45, 7) is 10.2. The lowest BCUT2D eigenvalue weighted by Gasteiger charge is -2.42. The van der Waals surface area contributed by atoms with Gasteiger partial charge in [0, 0.05) is 37.0 Å². The first kappa shape index (κ1) is 33.4. The monoisotopic (exact) mass is 639 g/mol. The highest BCUT2D eigenvalue weighted by Gasteiger charge is 2.43. The lowest BCUT2D eigenvalue weighted by molar-refractivity contribution is -0.139. The van der Waals surface area contributed by atoms with E-state index >= 15 is 4.39 Å².